The van der Waals surface area contributed by atoms with E-state index in [2.05, 4.69) is 30.3 Å². The van der Waals surface area contributed by atoms with E-state index in [9.17, 15) is 0 Å². The van der Waals surface area contributed by atoms with E-state index in [0.29, 0.717) is 18.1 Å². The Labute approximate surface area is 179 Å². The van der Waals surface area contributed by atoms with Crippen molar-refractivity contribution in [1.29, 1.82) is 0 Å². The molecule has 0 amide bonds. The zero-order valence-corrected chi connectivity index (χ0v) is 17.4. The summed E-state index contributed by atoms with van der Waals surface area (Å²) < 4.78 is 11.8. The fourth-order valence-electron chi connectivity index (χ4n) is 3.51. The summed E-state index contributed by atoms with van der Waals surface area (Å²) in [6.45, 7) is 0. The Hall–Kier alpha value is -3.31. The maximum absolute atomic E-state index is 6.26. The largest absolute Gasteiger partial charge is 0.493 e. The molecule has 0 saturated heterocycles. The van der Waals surface area contributed by atoms with Crippen LogP contribution in [0, 0.1) is 0 Å². The van der Waals surface area contributed by atoms with Gasteiger partial charge in [0.15, 0.2) is 17.3 Å². The highest BCUT2D eigenvalue weighted by Crippen LogP contribution is 2.44. The minimum atomic E-state index is 0.608. The first kappa shape index (κ1) is 18.7. The number of methoxy groups -OCH3 is 1. The highest BCUT2D eigenvalue weighted by atomic mass is 32.2. The number of ether oxygens (including phenoxy) is 2. The number of thioether (sulfide) groups is 1. The predicted molar refractivity (Wildman–Crippen MR) is 119 cm³/mol. The molecule has 0 unspecified atom stereocenters. The van der Waals surface area contributed by atoms with E-state index in [0.717, 1.165) is 39.0 Å². The standard InChI is InChI=1S/C25H20N2O2S/c1-28-21-14-8-13-19-15-20-24(29-22(19)21)26-23(18-11-6-3-7-12-18)27-25(20)30-16-17-9-4-2-5-10-17/h2-14H,15-16H2,1H3. The predicted octanol–water partition coefficient (Wildman–Crippen LogP) is 6.14. The molecule has 0 fully saturated rings. The fraction of sp³-hybridized carbons (Fsp3) is 0.120. The molecule has 0 N–H and O–H groups in total. The van der Waals surface area contributed by atoms with Gasteiger partial charge in [-0.15, -0.1) is 11.8 Å². The molecule has 5 heteroatoms. The summed E-state index contributed by atoms with van der Waals surface area (Å²) in [4.78, 5) is 9.70. The third-order valence-electron chi connectivity index (χ3n) is 5.03. The first-order valence-corrected chi connectivity index (χ1v) is 10.8. The third kappa shape index (κ3) is 3.64. The molecular formula is C25H20N2O2S. The Bertz CT molecular complexity index is 1180. The number of aromatic nitrogens is 2. The van der Waals surface area contributed by atoms with Gasteiger partial charge in [-0.3, -0.25) is 0 Å². The van der Waals surface area contributed by atoms with Crippen molar-refractivity contribution in [2.45, 2.75) is 17.2 Å². The molecule has 148 valence electrons. The van der Waals surface area contributed by atoms with Gasteiger partial charge in [0.1, 0.15) is 5.03 Å². The maximum Gasteiger partial charge on any atom is 0.227 e. The summed E-state index contributed by atoms with van der Waals surface area (Å²) in [5.41, 5.74) is 4.34. The zero-order chi connectivity index (χ0) is 20.3. The van der Waals surface area contributed by atoms with E-state index >= 15 is 0 Å². The van der Waals surface area contributed by atoms with Gasteiger partial charge in [0, 0.05) is 23.3 Å². The summed E-state index contributed by atoms with van der Waals surface area (Å²) in [5, 5.41) is 0.955. The van der Waals surface area contributed by atoms with Gasteiger partial charge in [-0.1, -0.05) is 72.8 Å². The number of para-hydroxylation sites is 1. The normalized spacial score (nSPS) is 11.9. The van der Waals surface area contributed by atoms with Crippen LogP contribution >= 0.6 is 11.8 Å². The topological polar surface area (TPSA) is 44.2 Å². The average Bonchev–Trinajstić information content (AvgIpc) is 2.82. The smallest absolute Gasteiger partial charge is 0.227 e. The van der Waals surface area contributed by atoms with E-state index in [1.165, 1.54) is 5.56 Å². The molecule has 4 aromatic rings. The molecule has 0 bridgehead atoms. The van der Waals surface area contributed by atoms with Crippen LogP contribution in [-0.2, 0) is 12.2 Å². The maximum atomic E-state index is 6.26. The van der Waals surface area contributed by atoms with Gasteiger partial charge in [0.05, 0.1) is 12.7 Å². The zero-order valence-electron chi connectivity index (χ0n) is 16.5. The number of hydrogen-bond acceptors (Lipinski definition) is 5. The Morgan fingerprint density at radius 3 is 2.43 bits per heavy atom. The molecule has 0 aliphatic carbocycles. The molecule has 30 heavy (non-hydrogen) atoms. The van der Waals surface area contributed by atoms with Crippen LogP contribution < -0.4 is 9.47 Å². The molecule has 1 aliphatic rings. The average molecular weight is 413 g/mol. The van der Waals surface area contributed by atoms with Gasteiger partial charge >= 0.3 is 0 Å². The lowest BCUT2D eigenvalue weighted by molar-refractivity contribution is 0.364. The fourth-order valence-corrected chi connectivity index (χ4v) is 4.49. The number of nitrogens with zero attached hydrogens (tertiary/aromatic N) is 2. The summed E-state index contributed by atoms with van der Waals surface area (Å²) in [6.07, 6.45) is 0.716. The Morgan fingerprint density at radius 1 is 0.900 bits per heavy atom. The minimum Gasteiger partial charge on any atom is -0.493 e. The molecule has 0 atom stereocenters. The van der Waals surface area contributed by atoms with Gasteiger partial charge in [0.25, 0.3) is 0 Å². The van der Waals surface area contributed by atoms with E-state index in [1.54, 1.807) is 18.9 Å². The van der Waals surface area contributed by atoms with Crippen LogP contribution in [0.3, 0.4) is 0 Å². The monoisotopic (exact) mass is 412 g/mol. The van der Waals surface area contributed by atoms with Crippen molar-refractivity contribution in [2.75, 3.05) is 7.11 Å². The summed E-state index contributed by atoms with van der Waals surface area (Å²) in [5.74, 6) is 3.57. The Morgan fingerprint density at radius 2 is 1.67 bits per heavy atom. The lowest BCUT2D eigenvalue weighted by atomic mass is 10.0. The summed E-state index contributed by atoms with van der Waals surface area (Å²) in [7, 11) is 1.66. The molecule has 2 heterocycles. The van der Waals surface area contributed by atoms with Gasteiger partial charge in [-0.25, -0.2) is 4.98 Å². The van der Waals surface area contributed by atoms with Crippen molar-refractivity contribution in [1.82, 2.24) is 9.97 Å². The van der Waals surface area contributed by atoms with Crippen LogP contribution in [0.4, 0.5) is 0 Å². The highest BCUT2D eigenvalue weighted by molar-refractivity contribution is 7.98. The van der Waals surface area contributed by atoms with Crippen molar-refractivity contribution >= 4 is 11.8 Å². The molecular weight excluding hydrogens is 392 g/mol. The van der Waals surface area contributed by atoms with Crippen LogP contribution in [-0.4, -0.2) is 17.1 Å². The SMILES string of the molecule is COc1cccc2c1Oc1nc(-c3ccccc3)nc(SCc3ccccc3)c1C2. The van der Waals surface area contributed by atoms with E-state index < -0.39 is 0 Å². The number of hydrogen-bond donors (Lipinski definition) is 0. The van der Waals surface area contributed by atoms with Crippen molar-refractivity contribution < 1.29 is 9.47 Å². The molecule has 4 nitrogen and oxygen atoms in total. The molecule has 1 aromatic heterocycles. The molecule has 0 radical (unpaired) electrons. The molecule has 0 saturated carbocycles. The van der Waals surface area contributed by atoms with Gasteiger partial charge in [-0.2, -0.15) is 4.98 Å². The molecule has 0 spiro atoms. The van der Waals surface area contributed by atoms with E-state index in [4.69, 9.17) is 19.4 Å². The molecule has 5 rings (SSSR count). The quantitative estimate of drug-likeness (QED) is 0.256. The second-order valence-electron chi connectivity index (χ2n) is 7.00. The second-order valence-corrected chi connectivity index (χ2v) is 7.97. The molecule has 3 aromatic carbocycles. The Balaban J connectivity index is 1.57. The summed E-state index contributed by atoms with van der Waals surface area (Å²) >= 11 is 1.72. The minimum absolute atomic E-state index is 0.608. The van der Waals surface area contributed by atoms with Crippen LogP contribution in [0.25, 0.3) is 11.4 Å². The second kappa shape index (κ2) is 8.20. The number of benzene rings is 3. The first-order valence-electron chi connectivity index (χ1n) is 9.78. The third-order valence-corrected chi connectivity index (χ3v) is 6.12. The first-order chi connectivity index (χ1) is 14.8. The van der Waals surface area contributed by atoms with E-state index in [-0.39, 0.29) is 0 Å². The summed E-state index contributed by atoms with van der Waals surface area (Å²) in [6, 6.07) is 26.4. The molecule has 1 aliphatic heterocycles. The van der Waals surface area contributed by atoms with E-state index in [1.807, 2.05) is 48.5 Å². The number of fused-ring (bicyclic) bond motifs is 2. The van der Waals surface area contributed by atoms with Crippen LogP contribution in [0.2, 0.25) is 0 Å². The lowest BCUT2D eigenvalue weighted by Crippen LogP contribution is -2.10. The van der Waals surface area contributed by atoms with Crippen LogP contribution in [0.1, 0.15) is 16.7 Å². The van der Waals surface area contributed by atoms with Crippen molar-refractivity contribution in [3.63, 3.8) is 0 Å². The lowest BCUT2D eigenvalue weighted by Gasteiger charge is -2.23. The van der Waals surface area contributed by atoms with Gasteiger partial charge in [-0.05, 0) is 11.6 Å². The van der Waals surface area contributed by atoms with Gasteiger partial charge < -0.3 is 9.47 Å². The van der Waals surface area contributed by atoms with Crippen molar-refractivity contribution in [3.05, 3.63) is 95.6 Å². The van der Waals surface area contributed by atoms with Crippen LogP contribution in [0.5, 0.6) is 17.4 Å². The van der Waals surface area contributed by atoms with Crippen molar-refractivity contribution in [3.8, 4) is 28.8 Å². The van der Waals surface area contributed by atoms with Crippen LogP contribution in [0.15, 0.2) is 83.9 Å². The van der Waals surface area contributed by atoms with Crippen molar-refractivity contribution in [2.24, 2.45) is 0 Å². The Kier molecular flexibility index (Phi) is 5.11. The van der Waals surface area contributed by atoms with Gasteiger partial charge in [0.2, 0.25) is 5.88 Å². The highest BCUT2D eigenvalue weighted by Gasteiger charge is 2.26. The number of rotatable bonds is 5.